The van der Waals surface area contributed by atoms with Gasteiger partial charge < -0.3 is 9.47 Å². The topological polar surface area (TPSA) is 61.5 Å². The number of rotatable bonds is 7. The number of morpholine rings is 1. The SMILES string of the molecule is O=c1cc(OCc2ccc(F)cc2)ccn1-c1ccc2c(cnn2CCN2CCOCC2)c1. The third kappa shape index (κ3) is 4.97. The summed E-state index contributed by atoms with van der Waals surface area (Å²) in [6.45, 7) is 5.48. The molecule has 0 radical (unpaired) electrons. The van der Waals surface area contributed by atoms with E-state index in [9.17, 15) is 9.18 Å². The molecule has 0 amide bonds. The summed E-state index contributed by atoms with van der Waals surface area (Å²) < 4.78 is 27.7. The standard InChI is InChI=1S/C25H25FN4O3/c26-21-3-1-19(2-4-21)18-33-23-7-8-29(25(31)16-23)22-5-6-24-20(15-22)17-27-30(24)10-9-28-11-13-32-14-12-28/h1-8,15-17H,9-14,18H2. The molecule has 0 aliphatic carbocycles. The molecule has 33 heavy (non-hydrogen) atoms. The van der Waals surface area contributed by atoms with Crippen molar-refractivity contribution in [3.63, 3.8) is 0 Å². The van der Waals surface area contributed by atoms with Crippen LogP contribution in [0.25, 0.3) is 16.6 Å². The van der Waals surface area contributed by atoms with Crippen LogP contribution in [-0.2, 0) is 17.9 Å². The van der Waals surface area contributed by atoms with Crippen LogP contribution >= 0.6 is 0 Å². The molecule has 5 rings (SSSR count). The molecule has 0 bridgehead atoms. The Labute approximate surface area is 190 Å². The second kappa shape index (κ2) is 9.56. The first kappa shape index (κ1) is 21.4. The minimum absolute atomic E-state index is 0.189. The average molecular weight is 448 g/mol. The summed E-state index contributed by atoms with van der Waals surface area (Å²) in [6, 6.07) is 15.2. The molecule has 2 aromatic heterocycles. The molecule has 7 nitrogen and oxygen atoms in total. The van der Waals surface area contributed by atoms with Crippen molar-refractivity contribution in [1.29, 1.82) is 0 Å². The summed E-state index contributed by atoms with van der Waals surface area (Å²) in [7, 11) is 0. The fraction of sp³-hybridized carbons (Fsp3) is 0.280. The van der Waals surface area contributed by atoms with E-state index >= 15 is 0 Å². The number of halogens is 1. The highest BCUT2D eigenvalue weighted by Crippen LogP contribution is 2.19. The molecule has 2 aromatic carbocycles. The zero-order valence-corrected chi connectivity index (χ0v) is 18.2. The minimum Gasteiger partial charge on any atom is -0.489 e. The number of pyridine rings is 1. The van der Waals surface area contributed by atoms with Crippen molar-refractivity contribution in [3.8, 4) is 11.4 Å². The highest BCUT2D eigenvalue weighted by atomic mass is 19.1. The van der Waals surface area contributed by atoms with E-state index in [1.807, 2.05) is 29.1 Å². The average Bonchev–Trinajstić information content (AvgIpc) is 3.25. The molecular weight excluding hydrogens is 423 g/mol. The zero-order chi connectivity index (χ0) is 22.6. The van der Waals surface area contributed by atoms with Gasteiger partial charge in [0.15, 0.2) is 0 Å². The Hall–Kier alpha value is -3.49. The van der Waals surface area contributed by atoms with E-state index < -0.39 is 0 Å². The number of fused-ring (bicyclic) bond motifs is 1. The molecule has 0 spiro atoms. The molecule has 1 saturated heterocycles. The number of hydrogen-bond donors (Lipinski definition) is 0. The van der Waals surface area contributed by atoms with Crippen LogP contribution in [0, 0.1) is 5.82 Å². The first-order chi connectivity index (χ1) is 16.2. The lowest BCUT2D eigenvalue weighted by Crippen LogP contribution is -2.38. The van der Waals surface area contributed by atoms with Gasteiger partial charge in [-0.1, -0.05) is 12.1 Å². The van der Waals surface area contributed by atoms with Gasteiger partial charge in [0.2, 0.25) is 0 Å². The summed E-state index contributed by atoms with van der Waals surface area (Å²) in [5.41, 5.74) is 2.45. The van der Waals surface area contributed by atoms with Crippen molar-refractivity contribution in [2.45, 2.75) is 13.2 Å². The lowest BCUT2D eigenvalue weighted by atomic mass is 10.2. The number of benzene rings is 2. The molecule has 170 valence electrons. The van der Waals surface area contributed by atoms with Gasteiger partial charge in [0.25, 0.3) is 5.56 Å². The molecule has 3 heterocycles. The van der Waals surface area contributed by atoms with E-state index in [4.69, 9.17) is 9.47 Å². The Balaban J connectivity index is 1.28. The van der Waals surface area contributed by atoms with E-state index in [0.717, 1.165) is 61.5 Å². The highest BCUT2D eigenvalue weighted by molar-refractivity contribution is 5.80. The van der Waals surface area contributed by atoms with Gasteiger partial charge in [0, 0.05) is 43.0 Å². The zero-order valence-electron chi connectivity index (χ0n) is 18.2. The van der Waals surface area contributed by atoms with Gasteiger partial charge >= 0.3 is 0 Å². The van der Waals surface area contributed by atoms with Crippen LogP contribution in [0.2, 0.25) is 0 Å². The van der Waals surface area contributed by atoms with Crippen LogP contribution in [0.3, 0.4) is 0 Å². The van der Waals surface area contributed by atoms with Crippen LogP contribution in [0.1, 0.15) is 5.56 Å². The van der Waals surface area contributed by atoms with Crippen molar-refractivity contribution >= 4 is 10.9 Å². The minimum atomic E-state index is -0.291. The Morgan fingerprint density at radius 1 is 1.00 bits per heavy atom. The van der Waals surface area contributed by atoms with Gasteiger partial charge in [-0.25, -0.2) is 4.39 Å². The number of nitrogens with zero attached hydrogens (tertiary/aromatic N) is 4. The van der Waals surface area contributed by atoms with Crippen LogP contribution < -0.4 is 10.3 Å². The van der Waals surface area contributed by atoms with E-state index in [2.05, 4.69) is 10.00 Å². The lowest BCUT2D eigenvalue weighted by Gasteiger charge is -2.26. The molecule has 0 unspecified atom stereocenters. The Kier molecular flexibility index (Phi) is 6.19. The van der Waals surface area contributed by atoms with E-state index in [0.29, 0.717) is 5.75 Å². The van der Waals surface area contributed by atoms with Crippen molar-refractivity contribution in [1.82, 2.24) is 19.2 Å². The number of hydrogen-bond acceptors (Lipinski definition) is 5. The van der Waals surface area contributed by atoms with Gasteiger partial charge in [-0.3, -0.25) is 18.9 Å². The lowest BCUT2D eigenvalue weighted by molar-refractivity contribution is 0.0361. The Morgan fingerprint density at radius 3 is 2.61 bits per heavy atom. The third-order valence-electron chi connectivity index (χ3n) is 5.85. The summed E-state index contributed by atoms with van der Waals surface area (Å²) >= 11 is 0. The summed E-state index contributed by atoms with van der Waals surface area (Å²) in [6.07, 6.45) is 3.54. The molecule has 4 aromatic rings. The molecule has 1 aliphatic heterocycles. The molecule has 0 saturated carbocycles. The molecule has 0 atom stereocenters. The van der Waals surface area contributed by atoms with Gasteiger partial charge in [-0.05, 0) is 42.0 Å². The maximum absolute atomic E-state index is 13.0. The van der Waals surface area contributed by atoms with Crippen LogP contribution in [0.15, 0.2) is 71.8 Å². The fourth-order valence-electron chi connectivity index (χ4n) is 3.97. The third-order valence-corrected chi connectivity index (χ3v) is 5.85. The second-order valence-electron chi connectivity index (χ2n) is 8.05. The molecular formula is C25H25FN4O3. The van der Waals surface area contributed by atoms with Crippen LogP contribution in [0.5, 0.6) is 5.75 Å². The summed E-state index contributed by atoms with van der Waals surface area (Å²) in [5, 5.41) is 5.52. The van der Waals surface area contributed by atoms with Gasteiger partial charge in [-0.2, -0.15) is 5.10 Å². The summed E-state index contributed by atoms with van der Waals surface area (Å²) in [4.78, 5) is 15.1. The fourth-order valence-corrected chi connectivity index (χ4v) is 3.97. The van der Waals surface area contributed by atoms with E-state index in [1.54, 1.807) is 29.0 Å². The first-order valence-electron chi connectivity index (χ1n) is 11.0. The first-order valence-corrected chi connectivity index (χ1v) is 11.0. The van der Waals surface area contributed by atoms with Crippen molar-refractivity contribution in [2.75, 3.05) is 32.8 Å². The summed E-state index contributed by atoms with van der Waals surface area (Å²) in [5.74, 6) is 0.179. The van der Waals surface area contributed by atoms with Gasteiger partial charge in [-0.15, -0.1) is 0 Å². The monoisotopic (exact) mass is 448 g/mol. The van der Waals surface area contributed by atoms with E-state index in [-0.39, 0.29) is 18.0 Å². The van der Waals surface area contributed by atoms with Gasteiger partial charge in [0.1, 0.15) is 18.2 Å². The predicted octanol–water partition coefficient (Wildman–Crippen LogP) is 3.24. The maximum Gasteiger partial charge on any atom is 0.258 e. The Morgan fingerprint density at radius 2 is 1.82 bits per heavy atom. The quantitative estimate of drug-likeness (QED) is 0.435. The molecule has 8 heteroatoms. The van der Waals surface area contributed by atoms with E-state index in [1.165, 1.54) is 18.2 Å². The molecule has 0 N–H and O–H groups in total. The van der Waals surface area contributed by atoms with Crippen LogP contribution in [-0.4, -0.2) is 52.1 Å². The highest BCUT2D eigenvalue weighted by Gasteiger charge is 2.12. The molecule has 1 aliphatic rings. The predicted molar refractivity (Wildman–Crippen MR) is 123 cm³/mol. The van der Waals surface area contributed by atoms with Crippen molar-refractivity contribution < 1.29 is 13.9 Å². The second-order valence-corrected chi connectivity index (χ2v) is 8.05. The molecule has 1 fully saturated rings. The van der Waals surface area contributed by atoms with Gasteiger partial charge in [0.05, 0.1) is 31.5 Å². The van der Waals surface area contributed by atoms with Crippen molar-refractivity contribution in [3.05, 3.63) is 88.7 Å². The number of aromatic nitrogens is 3. The normalized spacial score (nSPS) is 14.6. The smallest absolute Gasteiger partial charge is 0.258 e. The van der Waals surface area contributed by atoms with Crippen molar-refractivity contribution in [2.24, 2.45) is 0 Å². The maximum atomic E-state index is 13.0. The Bertz CT molecular complexity index is 1290. The van der Waals surface area contributed by atoms with Crippen LogP contribution in [0.4, 0.5) is 4.39 Å². The number of ether oxygens (including phenoxy) is 2. The largest absolute Gasteiger partial charge is 0.489 e.